The van der Waals surface area contributed by atoms with Crippen LogP contribution in [0.1, 0.15) is 24.5 Å². The van der Waals surface area contributed by atoms with E-state index in [1.165, 1.54) is 25.1 Å². The third kappa shape index (κ3) is 3.85. The average molecular weight is 315 g/mol. The van der Waals surface area contributed by atoms with Crippen LogP contribution in [-0.4, -0.2) is 24.3 Å². The van der Waals surface area contributed by atoms with Gasteiger partial charge in [-0.1, -0.05) is 18.2 Å². The quantitative estimate of drug-likeness (QED) is 0.866. The molecule has 1 aromatic rings. The third-order valence-corrected chi connectivity index (χ3v) is 3.68. The van der Waals surface area contributed by atoms with Crippen molar-refractivity contribution in [2.24, 2.45) is 5.92 Å². The number of alkyl halides is 3. The van der Waals surface area contributed by atoms with E-state index in [0.717, 1.165) is 6.07 Å². The van der Waals surface area contributed by atoms with Crippen molar-refractivity contribution < 1.29 is 27.5 Å². The van der Waals surface area contributed by atoms with E-state index in [9.17, 15) is 22.8 Å². The fourth-order valence-corrected chi connectivity index (χ4v) is 2.40. The van der Waals surface area contributed by atoms with Crippen LogP contribution in [0.2, 0.25) is 0 Å². The van der Waals surface area contributed by atoms with Crippen LogP contribution < -0.4 is 5.32 Å². The lowest BCUT2D eigenvalue weighted by molar-refractivity contribution is -0.149. The fourth-order valence-electron chi connectivity index (χ4n) is 2.40. The Balaban J connectivity index is 1.97. The standard InChI is InChI=1S/C15H16F3NO3/c1-9(20)11-6-13(19-7-11)14(21)22-8-10-4-2-3-5-12(10)15(16,17)18/h2-5,11,13,19H,6-8H2,1H3. The van der Waals surface area contributed by atoms with Crippen LogP contribution in [0.5, 0.6) is 0 Å². The summed E-state index contributed by atoms with van der Waals surface area (Å²) in [6, 6.07) is 4.31. The van der Waals surface area contributed by atoms with Crippen molar-refractivity contribution in [3.05, 3.63) is 35.4 Å². The van der Waals surface area contributed by atoms with Gasteiger partial charge in [0.15, 0.2) is 0 Å². The third-order valence-electron chi connectivity index (χ3n) is 3.68. The molecule has 1 N–H and O–H groups in total. The van der Waals surface area contributed by atoms with Crippen molar-refractivity contribution in [2.45, 2.75) is 32.2 Å². The highest BCUT2D eigenvalue weighted by molar-refractivity contribution is 5.82. The molecule has 0 saturated carbocycles. The van der Waals surface area contributed by atoms with E-state index in [0.29, 0.717) is 13.0 Å². The van der Waals surface area contributed by atoms with Crippen LogP contribution in [0.4, 0.5) is 13.2 Å². The van der Waals surface area contributed by atoms with Gasteiger partial charge < -0.3 is 10.1 Å². The lowest BCUT2D eigenvalue weighted by Gasteiger charge is -2.14. The second-order valence-corrected chi connectivity index (χ2v) is 5.27. The molecule has 0 aliphatic carbocycles. The summed E-state index contributed by atoms with van der Waals surface area (Å²) in [5, 5.41) is 2.85. The average Bonchev–Trinajstić information content (AvgIpc) is 2.94. The van der Waals surface area contributed by atoms with Gasteiger partial charge in [-0.15, -0.1) is 0 Å². The minimum atomic E-state index is -4.49. The number of hydrogen-bond acceptors (Lipinski definition) is 4. The van der Waals surface area contributed by atoms with Crippen molar-refractivity contribution in [3.8, 4) is 0 Å². The molecule has 120 valence electrons. The molecule has 1 aromatic carbocycles. The summed E-state index contributed by atoms with van der Waals surface area (Å²) in [7, 11) is 0. The molecule has 2 atom stereocenters. The zero-order valence-corrected chi connectivity index (χ0v) is 11.9. The molecule has 2 unspecified atom stereocenters. The Morgan fingerprint density at radius 2 is 2.00 bits per heavy atom. The fraction of sp³-hybridized carbons (Fsp3) is 0.467. The number of esters is 1. The Morgan fingerprint density at radius 1 is 1.32 bits per heavy atom. The normalized spacial score (nSPS) is 21.6. The number of carbonyl (C=O) groups is 2. The van der Waals surface area contributed by atoms with Gasteiger partial charge in [0.05, 0.1) is 5.56 Å². The summed E-state index contributed by atoms with van der Waals surface area (Å²) >= 11 is 0. The van der Waals surface area contributed by atoms with E-state index in [4.69, 9.17) is 4.74 Å². The number of Topliss-reactive ketones (excluding diaryl/α,β-unsaturated/α-hetero) is 1. The summed E-state index contributed by atoms with van der Waals surface area (Å²) in [5.41, 5.74) is -0.909. The van der Waals surface area contributed by atoms with Gasteiger partial charge >= 0.3 is 12.1 Å². The second-order valence-electron chi connectivity index (χ2n) is 5.27. The Hall–Kier alpha value is -1.89. The van der Waals surface area contributed by atoms with E-state index in [1.54, 1.807) is 0 Å². The second kappa shape index (κ2) is 6.48. The van der Waals surface area contributed by atoms with Gasteiger partial charge in [-0.3, -0.25) is 9.59 Å². The van der Waals surface area contributed by atoms with Gasteiger partial charge in [0.2, 0.25) is 0 Å². The van der Waals surface area contributed by atoms with Crippen molar-refractivity contribution in [1.29, 1.82) is 0 Å². The molecule has 22 heavy (non-hydrogen) atoms. The minimum Gasteiger partial charge on any atom is -0.460 e. The first-order valence-corrected chi connectivity index (χ1v) is 6.84. The van der Waals surface area contributed by atoms with Crippen molar-refractivity contribution in [3.63, 3.8) is 0 Å². The van der Waals surface area contributed by atoms with Crippen LogP contribution in [0.15, 0.2) is 24.3 Å². The number of benzene rings is 1. The number of halogens is 3. The largest absolute Gasteiger partial charge is 0.460 e. The Bertz CT molecular complexity index is 571. The summed E-state index contributed by atoms with van der Waals surface area (Å²) in [5.74, 6) is -0.911. The van der Waals surface area contributed by atoms with E-state index >= 15 is 0 Å². The zero-order valence-electron chi connectivity index (χ0n) is 11.9. The summed E-state index contributed by atoms with van der Waals surface area (Å²) in [6.07, 6.45) is -4.18. The SMILES string of the molecule is CC(=O)C1CNC(C(=O)OCc2ccccc2C(F)(F)F)C1. The van der Waals surface area contributed by atoms with Crippen LogP contribution in [-0.2, 0) is 27.1 Å². The minimum absolute atomic E-state index is 0.0229. The summed E-state index contributed by atoms with van der Waals surface area (Å²) in [4.78, 5) is 23.1. The maximum absolute atomic E-state index is 12.8. The predicted octanol–water partition coefficient (Wildman–Crippen LogP) is 2.32. The van der Waals surface area contributed by atoms with Crippen LogP contribution in [0, 0.1) is 5.92 Å². The number of carbonyl (C=O) groups excluding carboxylic acids is 2. The summed E-state index contributed by atoms with van der Waals surface area (Å²) in [6.45, 7) is 1.38. The van der Waals surface area contributed by atoms with E-state index in [-0.39, 0.29) is 17.3 Å². The molecule has 0 amide bonds. The molecule has 1 saturated heterocycles. The van der Waals surface area contributed by atoms with Crippen LogP contribution in [0.25, 0.3) is 0 Å². The summed E-state index contributed by atoms with van der Waals surface area (Å²) < 4.78 is 43.4. The number of ether oxygens (including phenoxy) is 1. The van der Waals surface area contributed by atoms with E-state index < -0.39 is 30.4 Å². The maximum atomic E-state index is 12.8. The van der Waals surface area contributed by atoms with Gasteiger partial charge in [0.25, 0.3) is 0 Å². The topological polar surface area (TPSA) is 55.4 Å². The Labute approximate surface area is 125 Å². The van der Waals surface area contributed by atoms with Crippen molar-refractivity contribution in [1.82, 2.24) is 5.32 Å². The molecule has 1 heterocycles. The van der Waals surface area contributed by atoms with Gasteiger partial charge in [-0.2, -0.15) is 13.2 Å². The monoisotopic (exact) mass is 315 g/mol. The van der Waals surface area contributed by atoms with E-state index in [2.05, 4.69) is 5.32 Å². The molecule has 1 aliphatic rings. The van der Waals surface area contributed by atoms with Gasteiger partial charge in [0, 0.05) is 18.0 Å². The zero-order chi connectivity index (χ0) is 16.3. The van der Waals surface area contributed by atoms with E-state index in [1.807, 2.05) is 0 Å². The van der Waals surface area contributed by atoms with Gasteiger partial charge in [-0.05, 0) is 19.4 Å². The molecular formula is C15H16F3NO3. The molecular weight excluding hydrogens is 299 g/mol. The molecule has 0 spiro atoms. The lowest BCUT2D eigenvalue weighted by atomic mass is 10.0. The first-order valence-electron chi connectivity index (χ1n) is 6.84. The van der Waals surface area contributed by atoms with Crippen molar-refractivity contribution >= 4 is 11.8 Å². The molecule has 4 nitrogen and oxygen atoms in total. The molecule has 0 bridgehead atoms. The molecule has 1 aliphatic heterocycles. The first-order chi connectivity index (χ1) is 10.3. The van der Waals surface area contributed by atoms with Gasteiger partial charge in [-0.25, -0.2) is 0 Å². The molecule has 1 fully saturated rings. The predicted molar refractivity (Wildman–Crippen MR) is 71.8 cm³/mol. The smallest absolute Gasteiger partial charge is 0.416 e. The number of nitrogens with one attached hydrogen (secondary N) is 1. The number of ketones is 1. The number of hydrogen-bond donors (Lipinski definition) is 1. The van der Waals surface area contributed by atoms with Crippen LogP contribution >= 0.6 is 0 Å². The number of rotatable bonds is 4. The molecule has 2 rings (SSSR count). The van der Waals surface area contributed by atoms with Crippen molar-refractivity contribution in [2.75, 3.05) is 6.54 Å². The molecule has 0 radical (unpaired) electrons. The first kappa shape index (κ1) is 16.5. The van der Waals surface area contributed by atoms with Gasteiger partial charge in [0.1, 0.15) is 18.4 Å². The highest BCUT2D eigenvalue weighted by Crippen LogP contribution is 2.32. The Kier molecular flexibility index (Phi) is 4.85. The highest BCUT2D eigenvalue weighted by atomic mass is 19.4. The Morgan fingerprint density at radius 3 is 2.59 bits per heavy atom. The maximum Gasteiger partial charge on any atom is 0.416 e. The highest BCUT2D eigenvalue weighted by Gasteiger charge is 2.35. The molecule has 7 heteroatoms. The van der Waals surface area contributed by atoms with Crippen LogP contribution in [0.3, 0.4) is 0 Å². The molecule has 0 aromatic heterocycles. The lowest BCUT2D eigenvalue weighted by Crippen LogP contribution is -2.32.